The second-order valence-corrected chi connectivity index (χ2v) is 19.2. The number of aryl methyl sites for hydroxylation is 1. The number of halogens is 3. The molecule has 3 aliphatic rings. The lowest BCUT2D eigenvalue weighted by Gasteiger charge is -2.06. The van der Waals surface area contributed by atoms with Gasteiger partial charge in [-0.1, -0.05) is 62.2 Å². The molecule has 1 saturated heterocycles. The molecule has 17 nitrogen and oxygen atoms in total. The van der Waals surface area contributed by atoms with Crippen molar-refractivity contribution < 1.29 is 19.4 Å². The van der Waals surface area contributed by atoms with Crippen LogP contribution in [0.2, 0.25) is 5.28 Å². The van der Waals surface area contributed by atoms with Gasteiger partial charge in [-0.3, -0.25) is 14.8 Å². The van der Waals surface area contributed by atoms with E-state index in [1.807, 2.05) is 99.1 Å². The Bertz CT molecular complexity index is 3100. The first kappa shape index (κ1) is 55.1. The van der Waals surface area contributed by atoms with E-state index in [-0.39, 0.29) is 11.1 Å². The molecule has 0 amide bonds. The zero-order valence-electron chi connectivity index (χ0n) is 39.9. The van der Waals surface area contributed by atoms with Crippen molar-refractivity contribution in [2.75, 3.05) is 23.8 Å². The van der Waals surface area contributed by atoms with Crippen LogP contribution in [-0.2, 0) is 17.8 Å². The van der Waals surface area contributed by atoms with Crippen molar-refractivity contribution in [3.8, 4) is 0 Å². The summed E-state index contributed by atoms with van der Waals surface area (Å²) >= 11 is 13.7. The van der Waals surface area contributed by atoms with Crippen molar-refractivity contribution in [2.24, 2.45) is 27.2 Å². The molecular formula is C52H52Br2ClN13O4S. The number of carbonyl (C=O) groups excluding carboxylic acids is 1. The van der Waals surface area contributed by atoms with Crippen molar-refractivity contribution >= 4 is 123 Å². The van der Waals surface area contributed by atoms with E-state index in [9.17, 15) is 9.59 Å². The van der Waals surface area contributed by atoms with Crippen LogP contribution in [0.15, 0.2) is 146 Å². The third-order valence-electron chi connectivity index (χ3n) is 10.3. The summed E-state index contributed by atoms with van der Waals surface area (Å²) in [5, 5.41) is 17.4. The third kappa shape index (κ3) is 17.5. The van der Waals surface area contributed by atoms with Crippen molar-refractivity contribution in [2.45, 2.75) is 46.3 Å². The lowest BCUT2D eigenvalue weighted by molar-refractivity contribution is 0.0702. The van der Waals surface area contributed by atoms with Gasteiger partial charge in [-0.25, -0.2) is 24.7 Å². The van der Waals surface area contributed by atoms with Gasteiger partial charge in [0.2, 0.25) is 11.2 Å². The number of ketones is 1. The summed E-state index contributed by atoms with van der Waals surface area (Å²) in [6.45, 7) is 8.45. The number of carboxylic acid groups (broad SMARTS) is 1. The molecule has 1 fully saturated rings. The van der Waals surface area contributed by atoms with Gasteiger partial charge in [-0.2, -0.15) is 4.98 Å². The molecule has 1 atom stereocenters. The van der Waals surface area contributed by atoms with Crippen LogP contribution in [0.5, 0.6) is 0 Å². The van der Waals surface area contributed by atoms with Gasteiger partial charge in [0.25, 0.3) is 0 Å². The predicted octanol–water partition coefficient (Wildman–Crippen LogP) is 11.2. The van der Waals surface area contributed by atoms with E-state index in [1.54, 1.807) is 31.3 Å². The number of ether oxygens (including phenoxy) is 1. The number of benzene rings is 4. The molecule has 73 heavy (non-hydrogen) atoms. The van der Waals surface area contributed by atoms with E-state index in [0.29, 0.717) is 39.9 Å². The molecule has 1 unspecified atom stereocenters. The number of H-pyrrole nitrogens is 1. The number of carboxylic acids is 1. The normalized spacial score (nSPS) is 13.7. The summed E-state index contributed by atoms with van der Waals surface area (Å²) in [6.07, 6.45) is 12.9. The van der Waals surface area contributed by atoms with Crippen LogP contribution in [0, 0.1) is 6.92 Å². The molecule has 0 bridgehead atoms. The first-order chi connectivity index (χ1) is 35.2. The van der Waals surface area contributed by atoms with Crippen LogP contribution in [0.3, 0.4) is 0 Å². The summed E-state index contributed by atoms with van der Waals surface area (Å²) in [5.74, 6) is 1.14. The lowest BCUT2D eigenvalue weighted by atomic mass is 10.1. The van der Waals surface area contributed by atoms with Crippen LogP contribution < -0.4 is 27.8 Å². The molecular weight excluding hydrogens is 1100 g/mol. The largest absolute Gasteiger partial charge is 0.477 e. The Labute approximate surface area is 447 Å². The van der Waals surface area contributed by atoms with Crippen molar-refractivity contribution in [1.82, 2.24) is 29.9 Å². The molecule has 3 aliphatic heterocycles. The number of aliphatic imine (C=N–C) groups is 2. The number of rotatable bonds is 7. The Hall–Kier alpha value is -7.20. The topological polar surface area (TPSA) is 271 Å². The van der Waals surface area contributed by atoms with Gasteiger partial charge in [-0.05, 0) is 132 Å². The van der Waals surface area contributed by atoms with Crippen LogP contribution in [-0.4, -0.2) is 78.4 Å². The number of aromatic amines is 1. The molecule has 10 N–H and O–H groups in total. The SMILES string of the molecule is C/C=C\C(N)=C/N.CC(=O)c1cc2ccc(Br)cc2[nH]1.Cc1ncnc(Nc2ccc3c(c2)C=NC3)n1.Clc1nccc(Nc2ccc3c(c2)C=NC3)n1.NC1CCOC1.O=C(O)c1cc2ccc(Br)cc2s1. The zero-order valence-corrected chi connectivity index (χ0v) is 44.6. The van der Waals surface area contributed by atoms with Crippen molar-refractivity contribution in [3.63, 3.8) is 0 Å². The maximum atomic E-state index is 11.1. The Morgan fingerprint density at radius 1 is 0.863 bits per heavy atom. The first-order valence-electron chi connectivity index (χ1n) is 22.4. The quantitative estimate of drug-likeness (QED) is 0.0444. The van der Waals surface area contributed by atoms with Gasteiger partial charge in [0.15, 0.2) is 5.78 Å². The molecule has 8 aromatic rings. The van der Waals surface area contributed by atoms with Crippen LogP contribution in [0.4, 0.5) is 23.1 Å². The first-order valence-corrected chi connectivity index (χ1v) is 25.2. The molecule has 7 heterocycles. The number of hydrogen-bond acceptors (Lipinski definition) is 16. The Morgan fingerprint density at radius 3 is 2.10 bits per heavy atom. The van der Waals surface area contributed by atoms with Gasteiger partial charge in [0.05, 0.1) is 25.4 Å². The highest BCUT2D eigenvalue weighted by atomic mass is 79.9. The van der Waals surface area contributed by atoms with E-state index >= 15 is 0 Å². The standard InChI is InChI=1S/C12H9ClN4.C12H11N5.C10H8BrNO.C9H5BrO2S.C5H10N2.C4H9NO/c13-12-15-4-3-11(17-12)16-10-2-1-8-6-14-7-9(8)5-10;1-8-14-7-15-12(16-8)17-11-3-2-9-5-13-6-10(9)4-11;1-6(13)9-4-7-2-3-8(11)5-10(7)12-9;10-6-2-1-5-3-8(9(11)12)13-7(5)4-6;1-2-3-5(7)4-6;5-4-1-2-6-3-4/h1-5,7H,6H2,(H,15,16,17);2-4,6-7H,5H2,1H3,(H,14,15,16,17);2-5,12H,1H3;1-4H,(H,11,12);2-4H,6-7H2,1H3;4H,1-3,5H2/b;;;;3-2-,5-4+;. The number of fused-ring (bicyclic) bond motifs is 4. The van der Waals surface area contributed by atoms with E-state index in [1.165, 1.54) is 35.0 Å². The average molecular weight is 1150 g/mol. The molecule has 0 spiro atoms. The Kier molecular flexibility index (Phi) is 20.8. The number of thiophene rings is 1. The molecule has 4 aromatic heterocycles. The molecule has 0 radical (unpaired) electrons. The highest BCUT2D eigenvalue weighted by molar-refractivity contribution is 9.10. The Morgan fingerprint density at radius 2 is 1.53 bits per heavy atom. The number of nitrogens with zero attached hydrogens (tertiary/aromatic N) is 7. The molecule has 0 aliphatic carbocycles. The molecule has 21 heteroatoms. The van der Waals surface area contributed by atoms with Gasteiger partial charge in [-0.15, -0.1) is 11.3 Å². The minimum Gasteiger partial charge on any atom is -0.477 e. The fraction of sp³-hybridized carbons (Fsp3) is 0.173. The van der Waals surface area contributed by atoms with Crippen LogP contribution >= 0.6 is 54.8 Å². The van der Waals surface area contributed by atoms with Gasteiger partial charge in [0.1, 0.15) is 22.8 Å². The zero-order chi connectivity index (χ0) is 52.3. The predicted molar refractivity (Wildman–Crippen MR) is 301 cm³/mol. The molecule has 4 aromatic carbocycles. The number of nitrogens with two attached hydrogens (primary N) is 3. The second-order valence-electron chi connectivity index (χ2n) is 15.9. The number of hydrogen-bond donors (Lipinski definition) is 7. The maximum absolute atomic E-state index is 11.1. The number of Topliss-reactive ketones (excluding diaryl/α,β-unsaturated/α-hetero) is 1. The number of nitrogens with one attached hydrogen (secondary N) is 3. The van der Waals surface area contributed by atoms with E-state index in [2.05, 4.69) is 94.5 Å². The van der Waals surface area contributed by atoms with E-state index in [4.69, 9.17) is 38.6 Å². The summed E-state index contributed by atoms with van der Waals surface area (Å²) < 4.78 is 7.91. The molecule has 0 saturated carbocycles. The summed E-state index contributed by atoms with van der Waals surface area (Å²) in [6, 6.07) is 29.5. The number of allylic oxidation sites excluding steroid dienone is 2. The minimum absolute atomic E-state index is 0.0623. The highest BCUT2D eigenvalue weighted by Gasteiger charge is 2.11. The fourth-order valence-electron chi connectivity index (χ4n) is 6.68. The minimum atomic E-state index is -0.864. The monoisotopic (exact) mass is 1150 g/mol. The molecule has 376 valence electrons. The van der Waals surface area contributed by atoms with Crippen molar-refractivity contribution in [1.29, 1.82) is 0 Å². The number of aromatic carboxylic acids is 1. The lowest BCUT2D eigenvalue weighted by Crippen LogP contribution is -2.18. The van der Waals surface area contributed by atoms with Crippen LogP contribution in [0.25, 0.3) is 21.0 Å². The van der Waals surface area contributed by atoms with Gasteiger partial charge in [0, 0.05) is 86.0 Å². The molecule has 11 rings (SSSR count). The summed E-state index contributed by atoms with van der Waals surface area (Å²) in [7, 11) is 0. The Balaban J connectivity index is 0.000000148. The number of anilines is 4. The summed E-state index contributed by atoms with van der Waals surface area (Å²) in [5.41, 5.74) is 24.6. The van der Waals surface area contributed by atoms with E-state index in [0.717, 1.165) is 85.2 Å². The van der Waals surface area contributed by atoms with Gasteiger partial charge >= 0.3 is 5.97 Å². The van der Waals surface area contributed by atoms with Crippen LogP contribution in [0.1, 0.15) is 68.5 Å². The average Bonchev–Trinajstić information content (AvgIpc) is 4.24. The second kappa shape index (κ2) is 27.6. The fourth-order valence-corrected chi connectivity index (χ4v) is 8.64. The van der Waals surface area contributed by atoms with Gasteiger partial charge < -0.3 is 42.7 Å². The maximum Gasteiger partial charge on any atom is 0.345 e. The highest BCUT2D eigenvalue weighted by Crippen LogP contribution is 2.29. The number of carbonyl (C=O) groups is 2. The van der Waals surface area contributed by atoms with E-state index < -0.39 is 5.97 Å². The number of aromatic nitrogens is 6. The smallest absolute Gasteiger partial charge is 0.345 e. The third-order valence-corrected chi connectivity index (χ3v) is 12.6. The summed E-state index contributed by atoms with van der Waals surface area (Å²) in [4.78, 5) is 53.7. The van der Waals surface area contributed by atoms with Crippen molar-refractivity contribution in [3.05, 3.63) is 180 Å².